The molecule has 0 radical (unpaired) electrons. The molecule has 0 aromatic heterocycles. The Morgan fingerprint density at radius 2 is 2.12 bits per heavy atom. The average Bonchev–Trinajstić information content (AvgIpc) is 2.19. The Bertz CT molecular complexity index is 366. The molecule has 0 spiro atoms. The zero-order valence-electron chi connectivity index (χ0n) is 9.55. The van der Waals surface area contributed by atoms with Crippen molar-refractivity contribution in [1.29, 1.82) is 0 Å². The van der Waals surface area contributed by atoms with Gasteiger partial charge in [-0.05, 0) is 25.7 Å². The first-order valence-corrected chi connectivity index (χ1v) is 4.96. The van der Waals surface area contributed by atoms with Gasteiger partial charge in [-0.3, -0.25) is 0 Å². The lowest BCUT2D eigenvalue weighted by atomic mass is 10.1. The van der Waals surface area contributed by atoms with E-state index in [1.165, 1.54) is 0 Å². The minimum Gasteiger partial charge on any atom is -0.512 e. The molecular weight excluding hydrogens is 205 g/mol. The molecule has 16 heavy (non-hydrogen) atoms. The molecule has 0 aliphatic heterocycles. The highest BCUT2D eigenvalue weighted by atomic mass is 16.6. The minimum atomic E-state index is -1.80. The first-order chi connectivity index (χ1) is 7.52. The van der Waals surface area contributed by atoms with Crippen LogP contribution >= 0.6 is 0 Å². The zero-order chi connectivity index (χ0) is 12.1. The van der Waals surface area contributed by atoms with E-state index in [1.807, 2.05) is 31.1 Å². The minimum absolute atomic E-state index is 0.459. The van der Waals surface area contributed by atoms with E-state index in [4.69, 9.17) is 14.7 Å². The maximum absolute atomic E-state index is 8.82. The summed E-state index contributed by atoms with van der Waals surface area (Å²) in [5.41, 5.74) is 1.77. The summed E-state index contributed by atoms with van der Waals surface area (Å²) < 4.78 is 4.93. The van der Waals surface area contributed by atoms with Gasteiger partial charge in [-0.2, -0.15) is 0 Å². The molecule has 0 atom stereocenters. The van der Waals surface area contributed by atoms with E-state index in [0.717, 1.165) is 11.1 Å². The molecule has 1 rings (SSSR count). The van der Waals surface area contributed by atoms with Gasteiger partial charge in [0, 0.05) is 12.1 Å². The van der Waals surface area contributed by atoms with Gasteiger partial charge in [0.05, 0.1) is 0 Å². The van der Waals surface area contributed by atoms with Crippen LogP contribution in [0.3, 0.4) is 0 Å². The third-order valence-electron chi connectivity index (χ3n) is 2.05. The van der Waals surface area contributed by atoms with Crippen LogP contribution in [0, 0.1) is 0 Å². The molecule has 0 bridgehead atoms. The molecule has 0 saturated carbocycles. The zero-order valence-corrected chi connectivity index (χ0v) is 9.55. The maximum Gasteiger partial charge on any atom is 0.707 e. The quantitative estimate of drug-likeness (QED) is 0.720. The molecule has 1 aromatic rings. The predicted molar refractivity (Wildman–Crippen MR) is 64.7 cm³/mol. The monoisotopic (exact) mass is 221 g/mol. The van der Waals surface area contributed by atoms with Gasteiger partial charge in [-0.1, -0.05) is 24.8 Å². The molecule has 0 fully saturated rings. The first kappa shape index (κ1) is 12.8. The van der Waals surface area contributed by atoms with E-state index in [-0.39, 0.29) is 0 Å². The Morgan fingerprint density at radius 3 is 2.62 bits per heavy atom. The van der Waals surface area contributed by atoms with E-state index in [9.17, 15) is 0 Å². The lowest BCUT2D eigenvalue weighted by Gasteiger charge is -2.15. The second-order valence-corrected chi connectivity index (χ2v) is 3.75. The van der Waals surface area contributed by atoms with Gasteiger partial charge in [0.15, 0.2) is 0 Å². The fourth-order valence-electron chi connectivity index (χ4n) is 1.39. The number of hydrogen-bond donors (Lipinski definition) is 2. The summed E-state index contributed by atoms with van der Waals surface area (Å²) >= 11 is 0. The van der Waals surface area contributed by atoms with Crippen LogP contribution in [0.5, 0.6) is 5.75 Å². The van der Waals surface area contributed by atoms with Gasteiger partial charge < -0.3 is 19.6 Å². The molecule has 86 valence electrons. The second-order valence-electron chi connectivity index (χ2n) is 3.75. The molecule has 0 heterocycles. The SMILES string of the molecule is C=Cc1ccc(CN(C)C)c(OB(O)O)c1. The van der Waals surface area contributed by atoms with Crippen molar-refractivity contribution in [2.24, 2.45) is 0 Å². The highest BCUT2D eigenvalue weighted by Crippen LogP contribution is 2.22. The molecule has 5 heteroatoms. The number of nitrogens with zero attached hydrogens (tertiary/aromatic N) is 1. The van der Waals surface area contributed by atoms with Crippen molar-refractivity contribution < 1.29 is 14.7 Å². The Labute approximate surface area is 96.0 Å². The van der Waals surface area contributed by atoms with Gasteiger partial charge in [0.2, 0.25) is 0 Å². The van der Waals surface area contributed by atoms with E-state index >= 15 is 0 Å². The molecule has 0 saturated heterocycles. The topological polar surface area (TPSA) is 52.9 Å². The van der Waals surface area contributed by atoms with Gasteiger partial charge in [-0.15, -0.1) is 0 Å². The largest absolute Gasteiger partial charge is 0.707 e. The third-order valence-corrected chi connectivity index (χ3v) is 2.05. The molecule has 1 aromatic carbocycles. The molecule has 0 aliphatic rings. The van der Waals surface area contributed by atoms with Crippen LogP contribution < -0.4 is 4.65 Å². The van der Waals surface area contributed by atoms with Gasteiger partial charge in [0.1, 0.15) is 5.75 Å². The van der Waals surface area contributed by atoms with Crippen molar-refractivity contribution in [3.63, 3.8) is 0 Å². The summed E-state index contributed by atoms with van der Waals surface area (Å²) in [6.07, 6.45) is 1.68. The van der Waals surface area contributed by atoms with Gasteiger partial charge >= 0.3 is 7.32 Å². The first-order valence-electron chi connectivity index (χ1n) is 4.96. The molecule has 0 aliphatic carbocycles. The van der Waals surface area contributed by atoms with Crippen molar-refractivity contribution >= 4 is 13.4 Å². The highest BCUT2D eigenvalue weighted by Gasteiger charge is 2.14. The number of hydrogen-bond acceptors (Lipinski definition) is 4. The van der Waals surface area contributed by atoms with E-state index in [0.29, 0.717) is 12.3 Å². The Kier molecular flexibility index (Phi) is 4.55. The van der Waals surface area contributed by atoms with Crippen LogP contribution in [0.15, 0.2) is 24.8 Å². The molecule has 0 amide bonds. The summed E-state index contributed by atoms with van der Waals surface area (Å²) in [5, 5.41) is 17.6. The van der Waals surface area contributed by atoms with Crippen molar-refractivity contribution in [1.82, 2.24) is 4.90 Å². The van der Waals surface area contributed by atoms with Crippen molar-refractivity contribution in [3.05, 3.63) is 35.9 Å². The summed E-state index contributed by atoms with van der Waals surface area (Å²) in [7, 11) is 2.06. The van der Waals surface area contributed by atoms with Gasteiger partial charge in [0.25, 0.3) is 0 Å². The lowest BCUT2D eigenvalue weighted by molar-refractivity contribution is 0.284. The third kappa shape index (κ3) is 3.69. The predicted octanol–water partition coefficient (Wildman–Crippen LogP) is 0.740. The fourth-order valence-corrected chi connectivity index (χ4v) is 1.39. The fraction of sp³-hybridized carbons (Fsp3) is 0.273. The van der Waals surface area contributed by atoms with Crippen LogP contribution in [0.4, 0.5) is 0 Å². The van der Waals surface area contributed by atoms with Crippen LogP contribution in [-0.2, 0) is 6.54 Å². The lowest BCUT2D eigenvalue weighted by Crippen LogP contribution is -2.22. The van der Waals surface area contributed by atoms with Crippen LogP contribution in [-0.4, -0.2) is 36.4 Å². The summed E-state index contributed by atoms with van der Waals surface area (Å²) in [5.74, 6) is 0.459. The maximum atomic E-state index is 8.82. The second kappa shape index (κ2) is 5.70. The molecular formula is C11H16BNO3. The summed E-state index contributed by atoms with van der Waals surface area (Å²) in [6.45, 7) is 4.32. The van der Waals surface area contributed by atoms with Crippen molar-refractivity contribution in [3.8, 4) is 5.75 Å². The van der Waals surface area contributed by atoms with Crippen LogP contribution in [0.2, 0.25) is 0 Å². The van der Waals surface area contributed by atoms with E-state index < -0.39 is 7.32 Å². The summed E-state index contributed by atoms with van der Waals surface area (Å²) in [4.78, 5) is 1.97. The van der Waals surface area contributed by atoms with Gasteiger partial charge in [-0.25, -0.2) is 0 Å². The Hall–Kier alpha value is -1.30. The Morgan fingerprint density at radius 1 is 1.44 bits per heavy atom. The highest BCUT2D eigenvalue weighted by molar-refractivity contribution is 6.33. The smallest absolute Gasteiger partial charge is 0.512 e. The molecule has 4 nitrogen and oxygen atoms in total. The normalized spacial score (nSPS) is 10.3. The van der Waals surface area contributed by atoms with Crippen LogP contribution in [0.25, 0.3) is 6.08 Å². The van der Waals surface area contributed by atoms with Crippen molar-refractivity contribution in [2.45, 2.75) is 6.54 Å². The van der Waals surface area contributed by atoms with E-state index in [1.54, 1.807) is 12.1 Å². The Balaban J connectivity index is 3.00. The van der Waals surface area contributed by atoms with Crippen LogP contribution in [0.1, 0.15) is 11.1 Å². The standard InChI is InChI=1S/C11H16BNO3/c1-4-9-5-6-10(8-13(2)3)11(7-9)16-12(14)15/h4-7,14-15H,1,8H2,2-3H3. The average molecular weight is 221 g/mol. The van der Waals surface area contributed by atoms with Crippen molar-refractivity contribution in [2.75, 3.05) is 14.1 Å². The number of benzene rings is 1. The molecule has 0 unspecified atom stereocenters. The number of rotatable bonds is 5. The van der Waals surface area contributed by atoms with E-state index in [2.05, 4.69) is 6.58 Å². The molecule has 2 N–H and O–H groups in total. The summed E-state index contributed by atoms with van der Waals surface area (Å²) in [6, 6.07) is 5.52.